The minimum Gasteiger partial charge on any atom is -0.456 e. The molecule has 16 rings (SSSR count). The zero-order chi connectivity index (χ0) is 70.9. The lowest BCUT2D eigenvalue weighted by molar-refractivity contribution is 0.364. The van der Waals surface area contributed by atoms with E-state index in [0.29, 0.717) is 63.6 Å². The van der Waals surface area contributed by atoms with Crippen LogP contribution in [0.15, 0.2) is 198 Å². The molecule has 4 aliphatic heterocycles. The van der Waals surface area contributed by atoms with Gasteiger partial charge >= 0.3 is 0 Å². The fourth-order valence-electron chi connectivity index (χ4n) is 13.7. The summed E-state index contributed by atoms with van der Waals surface area (Å²) in [5, 5.41) is 8.10. The summed E-state index contributed by atoms with van der Waals surface area (Å²) in [4.78, 5) is 52.3. The van der Waals surface area contributed by atoms with Gasteiger partial charge in [-0.2, -0.15) is 0 Å². The van der Waals surface area contributed by atoms with Gasteiger partial charge in [0, 0.05) is 95.3 Å². The Morgan fingerprint density at radius 1 is 0.310 bits per heavy atom. The topological polar surface area (TPSA) is 139 Å². The molecule has 0 saturated heterocycles. The van der Waals surface area contributed by atoms with Gasteiger partial charge in [0.2, 0.25) is 59.4 Å². The Morgan fingerprint density at radius 3 is 1.08 bits per heavy atom. The van der Waals surface area contributed by atoms with Gasteiger partial charge in [0.05, 0.1) is 28.2 Å². The molecule has 0 aliphatic carbocycles. The highest BCUT2D eigenvalue weighted by molar-refractivity contribution is 6.11. The van der Waals surface area contributed by atoms with Crippen LogP contribution in [0.3, 0.4) is 0 Å². The third-order valence-corrected chi connectivity index (χ3v) is 19.2. The van der Waals surface area contributed by atoms with Gasteiger partial charge in [-0.3, -0.25) is 19.6 Å². The number of rotatable bonds is 4. The first kappa shape index (κ1) is 64.8. The van der Waals surface area contributed by atoms with Gasteiger partial charge in [-0.05, 0) is 111 Å². The number of para-hydroxylation sites is 2. The molecule has 0 radical (unpaired) electrons. The number of aromatic nitrogens is 2. The lowest BCUT2D eigenvalue weighted by Crippen LogP contribution is -2.35. The van der Waals surface area contributed by atoms with Gasteiger partial charge in [0.1, 0.15) is 33.7 Å². The van der Waals surface area contributed by atoms with Gasteiger partial charge in [-0.15, -0.1) is 0 Å². The molecule has 6 aromatic carbocycles. The maximum Gasteiger partial charge on any atom is 0.253 e. The summed E-state index contributed by atoms with van der Waals surface area (Å²) in [6, 6.07) is 39.8. The maximum absolute atomic E-state index is 7.60. The van der Waals surface area contributed by atoms with Crippen LogP contribution in [-0.4, -0.2) is 82.4 Å². The Labute approximate surface area is 576 Å². The second kappa shape index (κ2) is 25.3. The highest BCUT2D eigenvalue weighted by Gasteiger charge is 2.45. The molecule has 0 amide bonds. The third-order valence-electron chi connectivity index (χ3n) is 19.2. The van der Waals surface area contributed by atoms with E-state index < -0.39 is 0 Å². The molecule has 0 saturated carbocycles. The van der Waals surface area contributed by atoms with Crippen LogP contribution in [-0.2, 0) is 0 Å². The van der Waals surface area contributed by atoms with E-state index in [1.165, 1.54) is 0 Å². The van der Waals surface area contributed by atoms with Crippen molar-refractivity contribution in [1.29, 1.82) is 0 Å². The van der Waals surface area contributed by atoms with E-state index in [1.807, 2.05) is 226 Å². The number of pyridine rings is 2. The van der Waals surface area contributed by atoms with Crippen molar-refractivity contribution in [3.63, 3.8) is 0 Å². The van der Waals surface area contributed by atoms with Crippen molar-refractivity contribution in [3.8, 4) is 0 Å². The Bertz CT molecular complexity index is 5600. The summed E-state index contributed by atoms with van der Waals surface area (Å²) in [5.74, 6) is 2.86. The van der Waals surface area contributed by atoms with Crippen LogP contribution >= 0.6 is 0 Å². The molecule has 10 heterocycles. The highest BCUT2D eigenvalue weighted by Crippen LogP contribution is 2.47. The van der Waals surface area contributed by atoms with E-state index in [1.54, 1.807) is 12.4 Å². The summed E-state index contributed by atoms with van der Waals surface area (Å²) in [6.45, 7) is 75.9. The predicted molar refractivity (Wildman–Crippen MR) is 389 cm³/mol. The smallest absolute Gasteiger partial charge is 0.253 e. The number of nitrogens with zero attached hydrogens (tertiary/aromatic N) is 18. The molecule has 4 aliphatic rings. The third kappa shape index (κ3) is 10.1. The molecule has 6 aromatic heterocycles. The predicted octanol–water partition coefficient (Wildman–Crippen LogP) is 18.6. The van der Waals surface area contributed by atoms with Crippen molar-refractivity contribution in [2.24, 2.45) is 0 Å². The average molecular weight is 1320 g/mol. The van der Waals surface area contributed by atoms with Crippen LogP contribution in [0.4, 0.5) is 22.7 Å². The van der Waals surface area contributed by atoms with Gasteiger partial charge < -0.3 is 76.0 Å². The van der Waals surface area contributed by atoms with Crippen LogP contribution < -0.4 is 19.6 Å². The Balaban J connectivity index is 0.000000119. The molecular weight excluding hydrogens is 1250 g/mol. The van der Waals surface area contributed by atoms with E-state index in [0.717, 1.165) is 116 Å². The molecular formula is C78H62N18O4. The second-order valence-corrected chi connectivity index (χ2v) is 24.5. The molecule has 0 spiro atoms. The number of fused-ring (bicyclic) bond motifs is 12. The van der Waals surface area contributed by atoms with E-state index in [4.69, 9.17) is 70.2 Å². The zero-order valence-corrected chi connectivity index (χ0v) is 56.7. The van der Waals surface area contributed by atoms with Crippen LogP contribution in [0.25, 0.3) is 127 Å². The van der Waals surface area contributed by atoms with Crippen molar-refractivity contribution in [2.75, 3.05) is 47.8 Å². The number of furan rings is 4. The molecule has 100 heavy (non-hydrogen) atoms. The standard InChI is InChI=1S/2C20H16N4O.2C19H15N5O/c1-12-10-15-14-8-6-7-9-17(14)25-18(15)11-16(12)24-13(2)23(5)19(21-3)20(24)22-4;1-12-10-11-15-14-8-6-7-9-16(14)25-18(15)17(12)24-13(2)23(5)19(21-3)20(24)22-4;1-11-8-9-13-14-7-6-10-22-19(14)25-16(13)15(11)24-12(2)23(5)17(20-3)18(24)21-4;1-11-9-14-13-7-6-8-22-19(13)25-16(14)10-15(11)24-12(2)23(5)17(20-3)18(24)21-4/h2*6-11,13H,1-2,5H3;2*6-10,12H,1-2,5H3/t2*13-;2*12-/m0000/s1. The van der Waals surface area contributed by atoms with E-state index in [9.17, 15) is 0 Å². The summed E-state index contributed by atoms with van der Waals surface area (Å²) in [7, 11) is 7.36. The van der Waals surface area contributed by atoms with E-state index >= 15 is 0 Å². The molecule has 4 atom stereocenters. The Kier molecular flexibility index (Phi) is 16.4. The van der Waals surface area contributed by atoms with Crippen LogP contribution in [0, 0.1) is 80.3 Å². The fourth-order valence-corrected chi connectivity index (χ4v) is 13.7. The van der Waals surface area contributed by atoms with E-state index in [-0.39, 0.29) is 24.7 Å². The Morgan fingerprint density at radius 2 is 0.640 bits per heavy atom. The second-order valence-electron chi connectivity index (χ2n) is 24.5. The fraction of sp³-hybridized carbons (Fsp3) is 0.205. The van der Waals surface area contributed by atoms with Crippen molar-refractivity contribution in [1.82, 2.24) is 29.6 Å². The number of anilines is 4. The summed E-state index contributed by atoms with van der Waals surface area (Å²) >= 11 is 0. The average Bonchev–Trinajstić information content (AvgIpc) is 1.62. The first-order chi connectivity index (χ1) is 48.3. The quantitative estimate of drug-likeness (QED) is 0.154. The molecule has 22 heteroatoms. The van der Waals surface area contributed by atoms with Crippen molar-refractivity contribution < 1.29 is 17.7 Å². The molecule has 0 fully saturated rings. The number of benzene rings is 6. The maximum atomic E-state index is 7.60. The summed E-state index contributed by atoms with van der Waals surface area (Å²) in [6.07, 6.45) is 2.90. The van der Waals surface area contributed by atoms with Crippen molar-refractivity contribution in [2.45, 2.75) is 80.1 Å². The zero-order valence-electron chi connectivity index (χ0n) is 56.7. The van der Waals surface area contributed by atoms with E-state index in [2.05, 4.69) is 66.9 Å². The number of aryl methyl sites for hydroxylation is 4. The lowest BCUT2D eigenvalue weighted by atomic mass is 10.1. The SMILES string of the molecule is [C-]#[N+]C1=C([N+]#[C-])N(c2c(C)ccc3c2oc2ccccc23)[C@@H](C)N1C.[C-]#[N+]C1=C([N+]#[C-])N(c2c(C)ccc3c2oc2ncccc23)[C@@H](C)N1C.[C-]#[N+]C1=C([N+]#[C-])N(c2cc3oc4ccccc4c3cc2C)[C@@H](C)N1C.[C-]#[N+]C1=C([N+]#[C-])N(c2cc3oc4ncccc4c3cc2C)[C@@H](C)N1C. The first-order valence-electron chi connectivity index (χ1n) is 31.7. The summed E-state index contributed by atoms with van der Waals surface area (Å²) in [5.41, 5.74) is 13.3. The molecule has 12 aromatic rings. The van der Waals surface area contributed by atoms with Gasteiger partial charge in [0.25, 0.3) is 23.3 Å². The molecule has 22 nitrogen and oxygen atoms in total. The van der Waals surface area contributed by atoms with Gasteiger partial charge in [-0.1, -0.05) is 101 Å². The van der Waals surface area contributed by atoms with Gasteiger partial charge in [0.15, 0.2) is 22.5 Å². The molecule has 0 unspecified atom stereocenters. The van der Waals surface area contributed by atoms with Crippen LogP contribution in [0.1, 0.15) is 49.9 Å². The first-order valence-corrected chi connectivity index (χ1v) is 31.7. The minimum atomic E-state index is -0.154. The Hall–Kier alpha value is -13.9. The number of hydrogen-bond acceptors (Lipinski definition) is 14. The van der Waals surface area contributed by atoms with Crippen LogP contribution in [0.5, 0.6) is 0 Å². The van der Waals surface area contributed by atoms with Gasteiger partial charge in [-0.25, -0.2) is 9.97 Å². The minimum absolute atomic E-state index is 0.103. The molecule has 488 valence electrons. The molecule has 0 N–H and O–H groups in total. The lowest BCUT2D eigenvalue weighted by Gasteiger charge is -2.24. The summed E-state index contributed by atoms with van der Waals surface area (Å²) < 4.78 is 24.1. The normalized spacial score (nSPS) is 17.4. The van der Waals surface area contributed by atoms with Crippen molar-refractivity contribution >= 4 is 111 Å². The monoisotopic (exact) mass is 1310 g/mol. The van der Waals surface area contributed by atoms with Crippen LogP contribution in [0.2, 0.25) is 0 Å². The van der Waals surface area contributed by atoms with Crippen molar-refractivity contribution in [3.05, 3.63) is 294 Å². The highest BCUT2D eigenvalue weighted by atomic mass is 16.3. The molecule has 0 bridgehead atoms. The number of hydrogen-bond donors (Lipinski definition) is 0. The largest absolute Gasteiger partial charge is 0.456 e.